The van der Waals surface area contributed by atoms with Gasteiger partial charge in [0.2, 0.25) is 0 Å². The van der Waals surface area contributed by atoms with Gasteiger partial charge in [-0.25, -0.2) is 0 Å². The van der Waals surface area contributed by atoms with E-state index in [1.54, 1.807) is 24.1 Å². The number of rotatable bonds is 18. The maximum atomic E-state index is 13.2. The van der Waals surface area contributed by atoms with Crippen LogP contribution >= 0.6 is 0 Å². The molecule has 0 aliphatic carbocycles. The number of aliphatic hydroxyl groups excluding tert-OH is 1. The zero-order valence-electron chi connectivity index (χ0n) is 24.9. The number of aryl methyl sites for hydroxylation is 1. The molecular weight excluding hydrogens is 498 g/mol. The zero-order valence-corrected chi connectivity index (χ0v) is 24.9. The van der Waals surface area contributed by atoms with Crippen molar-refractivity contribution in [1.82, 2.24) is 4.90 Å². The lowest BCUT2D eigenvalue weighted by Gasteiger charge is -2.25. The van der Waals surface area contributed by atoms with Gasteiger partial charge in [-0.2, -0.15) is 0 Å². The molecule has 1 heterocycles. The van der Waals surface area contributed by atoms with Crippen molar-refractivity contribution in [2.75, 3.05) is 13.7 Å². The fourth-order valence-electron chi connectivity index (χ4n) is 5.59. The Balaban J connectivity index is 1.55. The summed E-state index contributed by atoms with van der Waals surface area (Å²) in [4.78, 5) is 28.0. The molecule has 1 saturated heterocycles. The third kappa shape index (κ3) is 8.97. The van der Waals surface area contributed by atoms with Gasteiger partial charge < -0.3 is 14.7 Å². The number of nitrogens with zero attached hydrogens (tertiary/aromatic N) is 1. The molecule has 1 amide bonds. The Morgan fingerprint density at radius 2 is 1.25 bits per heavy atom. The molecule has 0 spiro atoms. The average Bonchev–Trinajstić information content (AvgIpc) is 3.22. The predicted octanol–water partition coefficient (Wildman–Crippen LogP) is 8.91. The van der Waals surface area contributed by atoms with Crippen molar-refractivity contribution < 1.29 is 19.4 Å². The van der Waals surface area contributed by atoms with Crippen LogP contribution < -0.4 is 4.74 Å². The van der Waals surface area contributed by atoms with Gasteiger partial charge in [-0.05, 0) is 31.0 Å². The van der Waals surface area contributed by atoms with Gasteiger partial charge in [0, 0.05) is 12.1 Å². The number of methoxy groups -OCH3 is 1. The highest BCUT2D eigenvalue weighted by atomic mass is 16.5. The summed E-state index contributed by atoms with van der Waals surface area (Å²) in [5.41, 5.74) is 2.54. The number of amides is 1. The van der Waals surface area contributed by atoms with Crippen molar-refractivity contribution in [1.29, 1.82) is 0 Å². The van der Waals surface area contributed by atoms with E-state index in [0.29, 0.717) is 17.9 Å². The van der Waals surface area contributed by atoms with Crippen LogP contribution in [0.25, 0.3) is 5.76 Å². The van der Waals surface area contributed by atoms with Crippen LogP contribution in [0, 0.1) is 6.92 Å². The van der Waals surface area contributed by atoms with E-state index in [1.807, 2.05) is 43.3 Å². The normalized spacial score (nSPS) is 16.6. The molecule has 1 N–H and O–H groups in total. The molecule has 218 valence electrons. The van der Waals surface area contributed by atoms with Crippen molar-refractivity contribution in [3.63, 3.8) is 0 Å². The second-order valence-corrected chi connectivity index (χ2v) is 11.2. The van der Waals surface area contributed by atoms with Crippen LogP contribution in [-0.4, -0.2) is 35.4 Å². The number of Topliss-reactive ketones (excluding diaryl/α,β-unsaturated/α-hetero) is 1. The summed E-state index contributed by atoms with van der Waals surface area (Å²) >= 11 is 0. The second-order valence-electron chi connectivity index (χ2n) is 11.2. The maximum Gasteiger partial charge on any atom is 0.295 e. The number of carbonyl (C=O) groups is 2. The Labute approximate surface area is 241 Å². The van der Waals surface area contributed by atoms with Crippen molar-refractivity contribution in [2.24, 2.45) is 0 Å². The van der Waals surface area contributed by atoms with Gasteiger partial charge in [0.15, 0.2) is 0 Å². The minimum absolute atomic E-state index is 0.123. The van der Waals surface area contributed by atoms with Gasteiger partial charge in [-0.3, -0.25) is 9.59 Å². The Bertz CT molecular complexity index is 1090. The van der Waals surface area contributed by atoms with E-state index >= 15 is 0 Å². The molecule has 40 heavy (non-hydrogen) atoms. The van der Waals surface area contributed by atoms with Gasteiger partial charge >= 0.3 is 0 Å². The third-order valence-electron chi connectivity index (χ3n) is 8.05. The lowest BCUT2D eigenvalue weighted by atomic mass is 9.95. The van der Waals surface area contributed by atoms with Crippen LogP contribution in [0.15, 0.2) is 54.1 Å². The Kier molecular flexibility index (Phi) is 13.3. The predicted molar refractivity (Wildman–Crippen MR) is 163 cm³/mol. The molecule has 2 aromatic rings. The van der Waals surface area contributed by atoms with Gasteiger partial charge in [-0.1, -0.05) is 132 Å². The molecule has 0 aromatic heterocycles. The van der Waals surface area contributed by atoms with Gasteiger partial charge in [0.1, 0.15) is 11.5 Å². The van der Waals surface area contributed by atoms with Crippen molar-refractivity contribution in [3.8, 4) is 5.75 Å². The standard InChI is InChI=1S/C35H49NO4/c1-4-5-6-7-8-9-10-11-12-13-14-15-16-17-26-36-32(28-22-24-30(40-3)25-23-28)31(34(38)35(36)39)33(37)29-20-18-27(2)19-21-29/h18-25,32,37H,4-17,26H2,1-3H3. The SMILES string of the molecule is CCCCCCCCCCCCCCCCN1C(=O)C(=O)C(=C(O)c2ccc(C)cc2)C1c1ccc(OC)cc1. The molecule has 5 nitrogen and oxygen atoms in total. The summed E-state index contributed by atoms with van der Waals surface area (Å²) in [6.45, 7) is 4.72. The molecule has 1 atom stereocenters. The molecule has 2 aromatic carbocycles. The first-order valence-corrected chi connectivity index (χ1v) is 15.5. The summed E-state index contributed by atoms with van der Waals surface area (Å²) in [5, 5.41) is 11.2. The van der Waals surface area contributed by atoms with E-state index in [-0.39, 0.29) is 11.3 Å². The minimum Gasteiger partial charge on any atom is -0.507 e. The molecule has 0 radical (unpaired) electrons. The number of carbonyl (C=O) groups excluding carboxylic acids is 2. The first kappa shape index (κ1) is 31.4. The number of ether oxygens (including phenoxy) is 1. The Hall–Kier alpha value is -3.08. The summed E-state index contributed by atoms with van der Waals surface area (Å²) in [6.07, 6.45) is 17.7. The fraction of sp³-hybridized carbons (Fsp3) is 0.543. The first-order chi connectivity index (χ1) is 19.5. The quantitative estimate of drug-likeness (QED) is 0.0876. The van der Waals surface area contributed by atoms with Crippen LogP contribution in [0.1, 0.15) is 120 Å². The van der Waals surface area contributed by atoms with Crippen LogP contribution in [0.5, 0.6) is 5.75 Å². The number of hydrogen-bond donors (Lipinski definition) is 1. The lowest BCUT2D eigenvalue weighted by molar-refractivity contribution is -0.139. The molecule has 5 heteroatoms. The van der Waals surface area contributed by atoms with E-state index in [2.05, 4.69) is 6.92 Å². The number of likely N-dealkylation sites (tertiary alicyclic amines) is 1. The Morgan fingerprint density at radius 3 is 1.75 bits per heavy atom. The average molecular weight is 548 g/mol. The summed E-state index contributed by atoms with van der Waals surface area (Å²) in [5.74, 6) is -0.581. The first-order valence-electron chi connectivity index (χ1n) is 15.5. The maximum absolute atomic E-state index is 13.2. The molecule has 1 aliphatic heterocycles. The van der Waals surface area contributed by atoms with E-state index in [1.165, 1.54) is 70.6 Å². The smallest absolute Gasteiger partial charge is 0.295 e. The van der Waals surface area contributed by atoms with Crippen LogP contribution in [0.2, 0.25) is 0 Å². The van der Waals surface area contributed by atoms with Crippen molar-refractivity contribution in [3.05, 3.63) is 70.8 Å². The van der Waals surface area contributed by atoms with E-state index in [9.17, 15) is 14.7 Å². The molecule has 1 unspecified atom stereocenters. The minimum atomic E-state index is -0.621. The van der Waals surface area contributed by atoms with E-state index < -0.39 is 17.7 Å². The molecule has 3 rings (SSSR count). The number of benzene rings is 2. The molecule has 1 fully saturated rings. The van der Waals surface area contributed by atoms with Crippen LogP contribution in [0.4, 0.5) is 0 Å². The highest BCUT2D eigenvalue weighted by Crippen LogP contribution is 2.40. The Morgan fingerprint density at radius 1 is 0.750 bits per heavy atom. The van der Waals surface area contributed by atoms with Gasteiger partial charge in [0.05, 0.1) is 18.7 Å². The van der Waals surface area contributed by atoms with Gasteiger partial charge in [0.25, 0.3) is 11.7 Å². The largest absolute Gasteiger partial charge is 0.507 e. The highest BCUT2D eigenvalue weighted by molar-refractivity contribution is 6.46. The third-order valence-corrected chi connectivity index (χ3v) is 8.05. The summed E-state index contributed by atoms with van der Waals surface area (Å²) in [6, 6.07) is 14.1. The molecule has 0 bridgehead atoms. The van der Waals surface area contributed by atoms with Gasteiger partial charge in [-0.15, -0.1) is 0 Å². The van der Waals surface area contributed by atoms with Crippen molar-refractivity contribution in [2.45, 2.75) is 110 Å². The number of ketones is 1. The number of unbranched alkanes of at least 4 members (excludes halogenated alkanes) is 13. The summed E-state index contributed by atoms with van der Waals surface area (Å²) < 4.78 is 5.30. The van der Waals surface area contributed by atoms with Crippen LogP contribution in [-0.2, 0) is 9.59 Å². The molecule has 1 aliphatic rings. The van der Waals surface area contributed by atoms with Crippen LogP contribution in [0.3, 0.4) is 0 Å². The topological polar surface area (TPSA) is 66.8 Å². The summed E-state index contributed by atoms with van der Waals surface area (Å²) in [7, 11) is 1.61. The number of aliphatic hydroxyl groups is 1. The second kappa shape index (κ2) is 16.9. The lowest BCUT2D eigenvalue weighted by Crippen LogP contribution is -2.30. The van der Waals surface area contributed by atoms with E-state index in [0.717, 1.165) is 30.4 Å². The molecular formula is C35H49NO4. The number of hydrogen-bond acceptors (Lipinski definition) is 4. The molecule has 0 saturated carbocycles. The fourth-order valence-corrected chi connectivity index (χ4v) is 5.59. The van der Waals surface area contributed by atoms with E-state index in [4.69, 9.17) is 4.74 Å². The van der Waals surface area contributed by atoms with Crippen molar-refractivity contribution >= 4 is 17.4 Å². The zero-order chi connectivity index (χ0) is 28.7. The highest BCUT2D eigenvalue weighted by Gasteiger charge is 2.45. The monoisotopic (exact) mass is 547 g/mol.